The summed E-state index contributed by atoms with van der Waals surface area (Å²) in [6.45, 7) is 0. The summed E-state index contributed by atoms with van der Waals surface area (Å²) in [7, 11) is 0. The number of carbonyl (C=O) groups excluding carboxylic acids is 1. The molecular formula is C17H17FN2O. The van der Waals surface area contributed by atoms with Gasteiger partial charge in [0.25, 0.3) is 0 Å². The number of halogens is 1. The summed E-state index contributed by atoms with van der Waals surface area (Å²) in [5, 5.41) is 5.58. The zero-order chi connectivity index (χ0) is 14.7. The van der Waals surface area contributed by atoms with Crippen molar-refractivity contribution >= 4 is 11.7 Å². The Balaban J connectivity index is 1.73. The summed E-state index contributed by atoms with van der Waals surface area (Å²) in [4.78, 5) is 12.2. The SMILES string of the molecule is O=C(Nc1ccccc1F)NC1(c2ccccc2)CCC1. The number of amides is 2. The predicted molar refractivity (Wildman–Crippen MR) is 80.5 cm³/mol. The second-order valence-electron chi connectivity index (χ2n) is 5.36. The average Bonchev–Trinajstić information content (AvgIpc) is 2.46. The molecule has 1 saturated carbocycles. The van der Waals surface area contributed by atoms with Crippen LogP contribution in [0.3, 0.4) is 0 Å². The fourth-order valence-electron chi connectivity index (χ4n) is 2.71. The molecular weight excluding hydrogens is 267 g/mol. The highest BCUT2D eigenvalue weighted by Crippen LogP contribution is 2.41. The van der Waals surface area contributed by atoms with Crippen LogP contribution in [-0.2, 0) is 5.54 Å². The second-order valence-corrected chi connectivity index (χ2v) is 5.36. The summed E-state index contributed by atoms with van der Waals surface area (Å²) in [6.07, 6.45) is 2.89. The fraction of sp³-hybridized carbons (Fsp3) is 0.235. The van der Waals surface area contributed by atoms with Crippen molar-refractivity contribution in [3.05, 3.63) is 66.0 Å². The Labute approximate surface area is 123 Å². The van der Waals surface area contributed by atoms with Crippen molar-refractivity contribution in [2.75, 3.05) is 5.32 Å². The Morgan fingerprint density at radius 2 is 1.67 bits per heavy atom. The van der Waals surface area contributed by atoms with Gasteiger partial charge in [-0.2, -0.15) is 0 Å². The highest BCUT2D eigenvalue weighted by molar-refractivity contribution is 5.90. The van der Waals surface area contributed by atoms with Gasteiger partial charge in [-0.05, 0) is 37.0 Å². The lowest BCUT2D eigenvalue weighted by atomic mass is 9.72. The molecule has 0 bridgehead atoms. The third kappa shape index (κ3) is 2.75. The monoisotopic (exact) mass is 284 g/mol. The highest BCUT2D eigenvalue weighted by atomic mass is 19.1. The Morgan fingerprint density at radius 3 is 2.29 bits per heavy atom. The molecule has 0 spiro atoms. The number of rotatable bonds is 3. The van der Waals surface area contributed by atoms with Gasteiger partial charge in [0.05, 0.1) is 11.2 Å². The van der Waals surface area contributed by atoms with Crippen molar-refractivity contribution in [3.63, 3.8) is 0 Å². The molecule has 108 valence electrons. The first-order valence-electron chi connectivity index (χ1n) is 7.09. The third-order valence-electron chi connectivity index (χ3n) is 4.01. The van der Waals surface area contributed by atoms with Gasteiger partial charge in [-0.3, -0.25) is 0 Å². The molecule has 1 aliphatic carbocycles. The first kappa shape index (κ1) is 13.6. The van der Waals surface area contributed by atoms with E-state index in [1.165, 1.54) is 6.07 Å². The molecule has 2 amide bonds. The molecule has 0 aliphatic heterocycles. The molecule has 21 heavy (non-hydrogen) atoms. The standard InChI is InChI=1S/C17H17FN2O/c18-14-9-4-5-10-15(14)19-16(21)20-17(11-6-12-17)13-7-2-1-3-8-13/h1-5,7-10H,6,11-12H2,(H2,19,20,21). The number of carbonyl (C=O) groups is 1. The van der Waals surface area contributed by atoms with Gasteiger partial charge >= 0.3 is 6.03 Å². The van der Waals surface area contributed by atoms with E-state index in [0.29, 0.717) is 0 Å². The lowest BCUT2D eigenvalue weighted by Crippen LogP contribution is -2.52. The summed E-state index contributed by atoms with van der Waals surface area (Å²) in [5.41, 5.74) is 0.967. The second kappa shape index (κ2) is 5.56. The highest BCUT2D eigenvalue weighted by Gasteiger charge is 2.39. The Hall–Kier alpha value is -2.36. The van der Waals surface area contributed by atoms with E-state index in [1.807, 2.05) is 30.3 Å². The molecule has 3 rings (SSSR count). The molecule has 0 saturated heterocycles. The summed E-state index contributed by atoms with van der Waals surface area (Å²) in [6, 6.07) is 15.7. The van der Waals surface area contributed by atoms with E-state index < -0.39 is 5.82 Å². The largest absolute Gasteiger partial charge is 0.328 e. The quantitative estimate of drug-likeness (QED) is 0.878. The normalized spacial score (nSPS) is 15.9. The number of para-hydroxylation sites is 1. The Kier molecular flexibility index (Phi) is 3.60. The molecule has 2 aromatic rings. The number of urea groups is 1. The van der Waals surface area contributed by atoms with Crippen LogP contribution < -0.4 is 10.6 Å². The van der Waals surface area contributed by atoms with E-state index in [9.17, 15) is 9.18 Å². The molecule has 2 N–H and O–H groups in total. The smallest absolute Gasteiger partial charge is 0.320 e. The zero-order valence-electron chi connectivity index (χ0n) is 11.6. The average molecular weight is 284 g/mol. The van der Waals surface area contributed by atoms with Crippen LogP contribution in [0.15, 0.2) is 54.6 Å². The number of anilines is 1. The molecule has 1 fully saturated rings. The van der Waals surface area contributed by atoms with E-state index in [-0.39, 0.29) is 17.3 Å². The molecule has 0 atom stereocenters. The maximum Gasteiger partial charge on any atom is 0.320 e. The topological polar surface area (TPSA) is 41.1 Å². The van der Waals surface area contributed by atoms with Gasteiger partial charge in [0.1, 0.15) is 5.82 Å². The van der Waals surface area contributed by atoms with Crippen LogP contribution in [0.5, 0.6) is 0 Å². The molecule has 0 heterocycles. The van der Waals surface area contributed by atoms with E-state index in [0.717, 1.165) is 24.8 Å². The van der Waals surface area contributed by atoms with Crippen molar-refractivity contribution in [2.45, 2.75) is 24.8 Å². The van der Waals surface area contributed by atoms with Crippen LogP contribution >= 0.6 is 0 Å². The molecule has 3 nitrogen and oxygen atoms in total. The summed E-state index contributed by atoms with van der Waals surface area (Å²) >= 11 is 0. The van der Waals surface area contributed by atoms with Gasteiger partial charge in [0.2, 0.25) is 0 Å². The minimum atomic E-state index is -0.435. The molecule has 0 radical (unpaired) electrons. The molecule has 1 aliphatic rings. The Bertz CT molecular complexity index is 638. The predicted octanol–water partition coefficient (Wildman–Crippen LogP) is 4.03. The van der Waals surface area contributed by atoms with E-state index in [2.05, 4.69) is 10.6 Å². The number of benzene rings is 2. The lowest BCUT2D eigenvalue weighted by molar-refractivity contribution is 0.185. The van der Waals surface area contributed by atoms with Gasteiger partial charge < -0.3 is 10.6 Å². The minimum absolute atomic E-state index is 0.192. The summed E-state index contributed by atoms with van der Waals surface area (Å²) in [5.74, 6) is -0.435. The number of hydrogen-bond donors (Lipinski definition) is 2. The zero-order valence-corrected chi connectivity index (χ0v) is 11.6. The lowest BCUT2D eigenvalue weighted by Gasteiger charge is -2.43. The fourth-order valence-corrected chi connectivity index (χ4v) is 2.71. The van der Waals surface area contributed by atoms with Crippen LogP contribution in [0.25, 0.3) is 0 Å². The first-order chi connectivity index (χ1) is 10.2. The summed E-state index contributed by atoms with van der Waals surface area (Å²) < 4.78 is 13.6. The molecule has 0 aromatic heterocycles. The van der Waals surface area contributed by atoms with Crippen molar-refractivity contribution in [2.24, 2.45) is 0 Å². The van der Waals surface area contributed by atoms with Gasteiger partial charge in [-0.1, -0.05) is 42.5 Å². The first-order valence-corrected chi connectivity index (χ1v) is 7.09. The van der Waals surface area contributed by atoms with Crippen molar-refractivity contribution in [1.29, 1.82) is 0 Å². The van der Waals surface area contributed by atoms with Gasteiger partial charge in [-0.15, -0.1) is 0 Å². The van der Waals surface area contributed by atoms with Gasteiger partial charge in [-0.25, -0.2) is 9.18 Å². The maximum atomic E-state index is 13.6. The van der Waals surface area contributed by atoms with E-state index in [1.54, 1.807) is 18.2 Å². The van der Waals surface area contributed by atoms with E-state index in [4.69, 9.17) is 0 Å². The number of hydrogen-bond acceptors (Lipinski definition) is 1. The van der Waals surface area contributed by atoms with Crippen LogP contribution in [-0.4, -0.2) is 6.03 Å². The van der Waals surface area contributed by atoms with Crippen LogP contribution in [0.4, 0.5) is 14.9 Å². The van der Waals surface area contributed by atoms with Crippen molar-refractivity contribution in [3.8, 4) is 0 Å². The van der Waals surface area contributed by atoms with Crippen LogP contribution in [0.2, 0.25) is 0 Å². The van der Waals surface area contributed by atoms with Gasteiger partial charge in [0, 0.05) is 0 Å². The van der Waals surface area contributed by atoms with Crippen molar-refractivity contribution < 1.29 is 9.18 Å². The minimum Gasteiger partial charge on any atom is -0.328 e. The third-order valence-corrected chi connectivity index (χ3v) is 4.01. The van der Waals surface area contributed by atoms with Crippen LogP contribution in [0, 0.1) is 5.82 Å². The Morgan fingerprint density at radius 1 is 1.00 bits per heavy atom. The molecule has 2 aromatic carbocycles. The molecule has 0 unspecified atom stereocenters. The maximum absolute atomic E-state index is 13.6. The van der Waals surface area contributed by atoms with Gasteiger partial charge in [0.15, 0.2) is 0 Å². The van der Waals surface area contributed by atoms with E-state index >= 15 is 0 Å². The number of nitrogens with one attached hydrogen (secondary N) is 2. The molecule has 4 heteroatoms. The van der Waals surface area contributed by atoms with Crippen molar-refractivity contribution in [1.82, 2.24) is 5.32 Å². The van der Waals surface area contributed by atoms with Crippen LogP contribution in [0.1, 0.15) is 24.8 Å².